The van der Waals surface area contributed by atoms with Crippen molar-refractivity contribution in [3.05, 3.63) is 42.7 Å². The van der Waals surface area contributed by atoms with Gasteiger partial charge in [-0.25, -0.2) is 9.97 Å². The van der Waals surface area contributed by atoms with E-state index in [0.717, 1.165) is 25.2 Å². The Bertz CT molecular complexity index is 750. The molecule has 2 aromatic heterocycles. The van der Waals surface area contributed by atoms with Crippen LogP contribution in [0.4, 0.5) is 17.3 Å². The summed E-state index contributed by atoms with van der Waals surface area (Å²) in [6.45, 7) is 2.93. The molecule has 1 atom stereocenters. The van der Waals surface area contributed by atoms with Crippen LogP contribution in [0, 0.1) is 5.92 Å². The quantitative estimate of drug-likeness (QED) is 0.892. The van der Waals surface area contributed by atoms with E-state index in [1.807, 2.05) is 18.2 Å². The van der Waals surface area contributed by atoms with E-state index >= 15 is 0 Å². The van der Waals surface area contributed by atoms with E-state index in [0.29, 0.717) is 18.1 Å². The predicted octanol–water partition coefficient (Wildman–Crippen LogP) is 2.29. The van der Waals surface area contributed by atoms with Gasteiger partial charge in [0.15, 0.2) is 5.82 Å². The molecule has 1 aliphatic rings. The molecule has 7 nitrogen and oxygen atoms in total. The summed E-state index contributed by atoms with van der Waals surface area (Å²) in [4.78, 5) is 34.6. The van der Waals surface area contributed by atoms with Crippen molar-refractivity contribution >= 4 is 29.1 Å². The highest BCUT2D eigenvalue weighted by atomic mass is 16.2. The van der Waals surface area contributed by atoms with Gasteiger partial charge in [0, 0.05) is 32.4 Å². The fraction of sp³-hybridized carbons (Fsp3) is 0.333. The lowest BCUT2D eigenvalue weighted by Gasteiger charge is -2.32. The molecule has 0 aromatic carbocycles. The molecule has 2 aromatic rings. The van der Waals surface area contributed by atoms with Crippen LogP contribution in [0.3, 0.4) is 0 Å². The van der Waals surface area contributed by atoms with Gasteiger partial charge in [-0.05, 0) is 37.1 Å². The number of anilines is 3. The number of nitrogens with one attached hydrogen (secondary N) is 2. The van der Waals surface area contributed by atoms with Crippen LogP contribution < -0.4 is 15.5 Å². The Morgan fingerprint density at radius 2 is 1.96 bits per heavy atom. The Morgan fingerprint density at radius 1 is 1.12 bits per heavy atom. The van der Waals surface area contributed by atoms with Crippen molar-refractivity contribution in [3.8, 4) is 0 Å². The van der Waals surface area contributed by atoms with Crippen LogP contribution in [-0.2, 0) is 9.59 Å². The molecule has 0 spiro atoms. The molecule has 1 aliphatic heterocycles. The van der Waals surface area contributed by atoms with Gasteiger partial charge in [0.2, 0.25) is 11.8 Å². The first-order chi connectivity index (χ1) is 12.1. The van der Waals surface area contributed by atoms with Gasteiger partial charge in [-0.15, -0.1) is 0 Å². The van der Waals surface area contributed by atoms with Crippen LogP contribution in [0.5, 0.6) is 0 Å². The monoisotopic (exact) mass is 339 g/mol. The lowest BCUT2D eigenvalue weighted by Crippen LogP contribution is -2.41. The number of carbonyl (C=O) groups excluding carboxylic acids is 2. The number of hydrogen-bond acceptors (Lipinski definition) is 5. The summed E-state index contributed by atoms with van der Waals surface area (Å²) in [5, 5.41) is 5.53. The van der Waals surface area contributed by atoms with Crippen molar-refractivity contribution in [2.45, 2.75) is 19.8 Å². The summed E-state index contributed by atoms with van der Waals surface area (Å²) >= 11 is 0. The van der Waals surface area contributed by atoms with Gasteiger partial charge in [0.25, 0.3) is 0 Å². The average Bonchev–Trinajstić information content (AvgIpc) is 2.64. The molecule has 3 rings (SSSR count). The Kier molecular flexibility index (Phi) is 5.23. The fourth-order valence-corrected chi connectivity index (χ4v) is 2.95. The van der Waals surface area contributed by atoms with Gasteiger partial charge in [-0.3, -0.25) is 9.59 Å². The Labute approximate surface area is 146 Å². The zero-order chi connectivity index (χ0) is 17.6. The highest BCUT2D eigenvalue weighted by Crippen LogP contribution is 2.24. The maximum absolute atomic E-state index is 12.7. The first kappa shape index (κ1) is 16.9. The molecule has 1 fully saturated rings. The highest BCUT2D eigenvalue weighted by Gasteiger charge is 2.27. The lowest BCUT2D eigenvalue weighted by atomic mass is 9.97. The summed E-state index contributed by atoms with van der Waals surface area (Å²) in [5.41, 5.74) is 0.501. The third-order valence-electron chi connectivity index (χ3n) is 4.13. The summed E-state index contributed by atoms with van der Waals surface area (Å²) in [5.74, 6) is 0.811. The minimum Gasteiger partial charge on any atom is -0.356 e. The molecule has 2 amide bonds. The number of nitrogens with zero attached hydrogens (tertiary/aromatic N) is 3. The minimum atomic E-state index is -0.206. The SMILES string of the molecule is CC(=O)Nc1cccnc1NC(=O)C1CCCN(c2ccccn2)C1. The van der Waals surface area contributed by atoms with E-state index in [2.05, 4.69) is 25.5 Å². The molecule has 0 saturated carbocycles. The number of aromatic nitrogens is 2. The molecule has 3 heterocycles. The van der Waals surface area contributed by atoms with Gasteiger partial charge >= 0.3 is 0 Å². The number of carbonyl (C=O) groups is 2. The molecular formula is C18H21N5O2. The second kappa shape index (κ2) is 7.74. The van der Waals surface area contributed by atoms with E-state index < -0.39 is 0 Å². The van der Waals surface area contributed by atoms with Crippen molar-refractivity contribution < 1.29 is 9.59 Å². The number of pyridine rings is 2. The molecule has 2 N–H and O–H groups in total. The van der Waals surface area contributed by atoms with Crippen LogP contribution in [0.2, 0.25) is 0 Å². The van der Waals surface area contributed by atoms with Crippen LogP contribution in [0.15, 0.2) is 42.7 Å². The maximum atomic E-state index is 12.7. The van der Waals surface area contributed by atoms with Crippen molar-refractivity contribution in [1.29, 1.82) is 0 Å². The van der Waals surface area contributed by atoms with Gasteiger partial charge in [-0.1, -0.05) is 6.07 Å². The van der Waals surface area contributed by atoms with Gasteiger partial charge in [0.05, 0.1) is 11.6 Å². The zero-order valence-electron chi connectivity index (χ0n) is 14.1. The third kappa shape index (κ3) is 4.32. The van der Waals surface area contributed by atoms with Crippen molar-refractivity contribution in [3.63, 3.8) is 0 Å². The molecule has 7 heteroatoms. The first-order valence-electron chi connectivity index (χ1n) is 8.33. The second-order valence-corrected chi connectivity index (χ2v) is 6.04. The van der Waals surface area contributed by atoms with E-state index in [-0.39, 0.29) is 17.7 Å². The van der Waals surface area contributed by atoms with Crippen molar-refractivity contribution in [1.82, 2.24) is 9.97 Å². The minimum absolute atomic E-state index is 0.0917. The molecular weight excluding hydrogens is 318 g/mol. The molecule has 25 heavy (non-hydrogen) atoms. The topological polar surface area (TPSA) is 87.2 Å². The smallest absolute Gasteiger partial charge is 0.230 e. The van der Waals surface area contributed by atoms with Crippen LogP contribution in [-0.4, -0.2) is 34.9 Å². The van der Waals surface area contributed by atoms with Crippen molar-refractivity contribution in [2.75, 3.05) is 28.6 Å². The Hall–Kier alpha value is -2.96. The Balaban J connectivity index is 1.68. The second-order valence-electron chi connectivity index (χ2n) is 6.04. The zero-order valence-corrected chi connectivity index (χ0v) is 14.1. The van der Waals surface area contributed by atoms with E-state index in [1.54, 1.807) is 24.5 Å². The first-order valence-corrected chi connectivity index (χ1v) is 8.33. The van der Waals surface area contributed by atoms with Gasteiger partial charge in [0.1, 0.15) is 5.82 Å². The molecule has 0 aliphatic carbocycles. The van der Waals surface area contributed by atoms with Crippen LogP contribution >= 0.6 is 0 Å². The average molecular weight is 339 g/mol. The van der Waals surface area contributed by atoms with Gasteiger partial charge in [-0.2, -0.15) is 0 Å². The number of amides is 2. The normalized spacial score (nSPS) is 17.0. The standard InChI is InChI=1S/C18H21N5O2/c1-13(24)21-15-7-4-10-20-17(15)22-18(25)14-6-5-11-23(12-14)16-8-2-3-9-19-16/h2-4,7-10,14H,5-6,11-12H2,1H3,(H,21,24)(H,20,22,25). The molecule has 1 saturated heterocycles. The van der Waals surface area contributed by atoms with Crippen molar-refractivity contribution in [2.24, 2.45) is 5.92 Å². The summed E-state index contributed by atoms with van der Waals surface area (Å²) < 4.78 is 0. The van der Waals surface area contributed by atoms with Gasteiger partial charge < -0.3 is 15.5 Å². The van der Waals surface area contributed by atoms with Crippen LogP contribution in [0.25, 0.3) is 0 Å². The largest absolute Gasteiger partial charge is 0.356 e. The number of rotatable bonds is 4. The van der Waals surface area contributed by atoms with Crippen LogP contribution in [0.1, 0.15) is 19.8 Å². The molecule has 0 radical (unpaired) electrons. The third-order valence-corrected chi connectivity index (χ3v) is 4.13. The lowest BCUT2D eigenvalue weighted by molar-refractivity contribution is -0.120. The number of piperidine rings is 1. The molecule has 1 unspecified atom stereocenters. The summed E-state index contributed by atoms with van der Waals surface area (Å²) in [6.07, 6.45) is 5.08. The fourth-order valence-electron chi connectivity index (χ4n) is 2.95. The molecule has 130 valence electrons. The highest BCUT2D eigenvalue weighted by molar-refractivity contribution is 5.98. The predicted molar refractivity (Wildman–Crippen MR) is 96.3 cm³/mol. The number of hydrogen-bond donors (Lipinski definition) is 2. The molecule has 0 bridgehead atoms. The van der Waals surface area contributed by atoms with E-state index in [9.17, 15) is 9.59 Å². The maximum Gasteiger partial charge on any atom is 0.230 e. The Morgan fingerprint density at radius 3 is 2.72 bits per heavy atom. The summed E-state index contributed by atoms with van der Waals surface area (Å²) in [7, 11) is 0. The van der Waals surface area contributed by atoms with E-state index in [1.165, 1.54) is 6.92 Å². The van der Waals surface area contributed by atoms with E-state index in [4.69, 9.17) is 0 Å². The summed E-state index contributed by atoms with van der Waals surface area (Å²) in [6, 6.07) is 9.20.